The molecule has 1 unspecified atom stereocenters. The van der Waals surface area contributed by atoms with Gasteiger partial charge in [-0.05, 0) is 37.0 Å². The lowest BCUT2D eigenvalue weighted by atomic mass is 9.77. The number of hydrazine groups is 1. The highest BCUT2D eigenvalue weighted by Crippen LogP contribution is 2.41. The minimum Gasteiger partial charge on any atom is -0.308 e. The molecule has 0 bridgehead atoms. The fraction of sp³-hybridized carbons (Fsp3) is 0.250. The van der Waals surface area contributed by atoms with Gasteiger partial charge in [0, 0.05) is 10.8 Å². The molecule has 2 heterocycles. The van der Waals surface area contributed by atoms with Gasteiger partial charge < -0.3 is 5.43 Å². The number of aryl methyl sites for hydroxylation is 2. The second kappa shape index (κ2) is 4.51. The predicted octanol–water partition coefficient (Wildman–Crippen LogP) is 3.28. The van der Waals surface area contributed by atoms with E-state index in [2.05, 4.69) is 48.5 Å². The Morgan fingerprint density at radius 3 is 2.81 bits per heavy atom. The molecule has 0 radical (unpaired) electrons. The fourth-order valence-corrected chi connectivity index (χ4v) is 4.05. The van der Waals surface area contributed by atoms with Crippen LogP contribution in [0.3, 0.4) is 0 Å². The number of nitrogens with two attached hydrogens (primary N) is 1. The van der Waals surface area contributed by atoms with E-state index in [1.807, 2.05) is 0 Å². The molecule has 3 aromatic rings. The standard InChI is InChI=1S/C16H16N4S/c1-8-9(2)21-16-13(8)15(20-17)18-14(19-16)12-7-10-5-3-4-6-11(10)12/h3-6,12H,7,17H2,1-2H3,(H,18,19,20). The summed E-state index contributed by atoms with van der Waals surface area (Å²) in [6, 6.07) is 8.49. The summed E-state index contributed by atoms with van der Waals surface area (Å²) in [6.07, 6.45) is 1.01. The van der Waals surface area contributed by atoms with Crippen molar-refractivity contribution in [1.82, 2.24) is 9.97 Å². The molecule has 1 aliphatic rings. The van der Waals surface area contributed by atoms with Crippen molar-refractivity contribution in [2.45, 2.75) is 26.2 Å². The normalized spacial score (nSPS) is 16.6. The van der Waals surface area contributed by atoms with Gasteiger partial charge in [-0.3, -0.25) is 0 Å². The van der Waals surface area contributed by atoms with Crippen molar-refractivity contribution in [3.05, 3.63) is 51.7 Å². The maximum Gasteiger partial charge on any atom is 0.152 e. The molecular formula is C16H16N4S. The van der Waals surface area contributed by atoms with E-state index >= 15 is 0 Å². The smallest absolute Gasteiger partial charge is 0.152 e. The van der Waals surface area contributed by atoms with Gasteiger partial charge in [-0.2, -0.15) is 0 Å². The third-order valence-corrected chi connectivity index (χ3v) is 5.45. The Kier molecular flexibility index (Phi) is 2.74. The number of aromatic nitrogens is 2. The Balaban J connectivity index is 1.88. The first-order chi connectivity index (χ1) is 10.2. The molecule has 0 fully saturated rings. The lowest BCUT2D eigenvalue weighted by Crippen LogP contribution is -2.21. The van der Waals surface area contributed by atoms with Crippen LogP contribution in [-0.4, -0.2) is 9.97 Å². The van der Waals surface area contributed by atoms with Crippen LogP contribution in [0.4, 0.5) is 5.82 Å². The van der Waals surface area contributed by atoms with Crippen LogP contribution < -0.4 is 11.3 Å². The van der Waals surface area contributed by atoms with E-state index in [4.69, 9.17) is 10.8 Å². The van der Waals surface area contributed by atoms with Gasteiger partial charge in [0.15, 0.2) is 5.82 Å². The molecule has 5 heteroatoms. The molecule has 0 spiro atoms. The van der Waals surface area contributed by atoms with Crippen LogP contribution in [0.1, 0.15) is 33.3 Å². The number of rotatable bonds is 2. The van der Waals surface area contributed by atoms with Crippen LogP contribution in [-0.2, 0) is 6.42 Å². The van der Waals surface area contributed by atoms with Gasteiger partial charge in [-0.25, -0.2) is 15.8 Å². The monoisotopic (exact) mass is 296 g/mol. The maximum absolute atomic E-state index is 5.68. The van der Waals surface area contributed by atoms with Crippen LogP contribution in [0.15, 0.2) is 24.3 Å². The molecule has 1 atom stereocenters. The summed E-state index contributed by atoms with van der Waals surface area (Å²) in [7, 11) is 0. The van der Waals surface area contributed by atoms with Crippen molar-refractivity contribution in [3.63, 3.8) is 0 Å². The largest absolute Gasteiger partial charge is 0.308 e. The van der Waals surface area contributed by atoms with Crippen LogP contribution in [0.2, 0.25) is 0 Å². The Labute approximate surface area is 127 Å². The third-order valence-electron chi connectivity index (χ3n) is 4.35. The van der Waals surface area contributed by atoms with Crippen molar-refractivity contribution in [1.29, 1.82) is 0 Å². The van der Waals surface area contributed by atoms with E-state index in [9.17, 15) is 0 Å². The molecular weight excluding hydrogens is 280 g/mol. The van der Waals surface area contributed by atoms with E-state index in [1.54, 1.807) is 11.3 Å². The van der Waals surface area contributed by atoms with Crippen molar-refractivity contribution in [2.24, 2.45) is 5.84 Å². The van der Waals surface area contributed by atoms with Gasteiger partial charge in [0.05, 0.1) is 5.39 Å². The quantitative estimate of drug-likeness (QED) is 0.562. The number of hydrogen-bond acceptors (Lipinski definition) is 5. The van der Waals surface area contributed by atoms with E-state index in [-0.39, 0.29) is 0 Å². The second-order valence-electron chi connectivity index (χ2n) is 5.49. The lowest BCUT2D eigenvalue weighted by molar-refractivity contribution is 0.665. The highest BCUT2D eigenvalue weighted by molar-refractivity contribution is 7.18. The first-order valence-corrected chi connectivity index (χ1v) is 7.82. The summed E-state index contributed by atoms with van der Waals surface area (Å²) in [5.74, 6) is 7.58. The van der Waals surface area contributed by atoms with E-state index < -0.39 is 0 Å². The number of nitrogens with one attached hydrogen (secondary N) is 1. The van der Waals surface area contributed by atoms with Crippen LogP contribution in [0.25, 0.3) is 10.2 Å². The summed E-state index contributed by atoms with van der Waals surface area (Å²) in [4.78, 5) is 11.8. The van der Waals surface area contributed by atoms with E-state index in [1.165, 1.54) is 21.6 Å². The average Bonchev–Trinajstić information content (AvgIpc) is 2.75. The highest BCUT2D eigenvalue weighted by Gasteiger charge is 2.30. The summed E-state index contributed by atoms with van der Waals surface area (Å²) >= 11 is 1.71. The topological polar surface area (TPSA) is 63.8 Å². The lowest BCUT2D eigenvalue weighted by Gasteiger charge is -2.28. The number of thiophene rings is 1. The zero-order valence-corrected chi connectivity index (χ0v) is 12.8. The molecule has 106 valence electrons. The Bertz CT molecular complexity index is 853. The summed E-state index contributed by atoms with van der Waals surface area (Å²) in [5.41, 5.74) is 6.69. The minimum atomic E-state index is 0.292. The first-order valence-electron chi connectivity index (χ1n) is 7.01. The van der Waals surface area contributed by atoms with Gasteiger partial charge >= 0.3 is 0 Å². The number of anilines is 1. The number of nitrogens with zero attached hydrogens (tertiary/aromatic N) is 2. The predicted molar refractivity (Wildman–Crippen MR) is 86.7 cm³/mol. The first kappa shape index (κ1) is 12.7. The van der Waals surface area contributed by atoms with Crippen LogP contribution in [0.5, 0.6) is 0 Å². The minimum absolute atomic E-state index is 0.292. The molecule has 0 amide bonds. The molecule has 21 heavy (non-hydrogen) atoms. The molecule has 4 nitrogen and oxygen atoms in total. The van der Waals surface area contributed by atoms with E-state index in [0.717, 1.165) is 28.3 Å². The summed E-state index contributed by atoms with van der Waals surface area (Å²) in [5, 5.41) is 1.05. The van der Waals surface area contributed by atoms with Crippen molar-refractivity contribution >= 4 is 27.4 Å². The zero-order chi connectivity index (χ0) is 14.6. The number of nitrogen functional groups attached to an aromatic ring is 1. The SMILES string of the molecule is Cc1sc2nc(C3Cc4ccccc43)nc(NN)c2c1C. The molecule has 0 saturated heterocycles. The molecule has 1 aromatic carbocycles. The number of fused-ring (bicyclic) bond motifs is 2. The second-order valence-corrected chi connectivity index (χ2v) is 6.70. The molecule has 0 aliphatic heterocycles. The number of benzene rings is 1. The Morgan fingerprint density at radius 1 is 1.24 bits per heavy atom. The Hall–Kier alpha value is -1.98. The van der Waals surface area contributed by atoms with Gasteiger partial charge in [-0.15, -0.1) is 11.3 Å². The zero-order valence-electron chi connectivity index (χ0n) is 12.0. The third kappa shape index (κ3) is 1.78. The average molecular weight is 296 g/mol. The van der Waals surface area contributed by atoms with Crippen molar-refractivity contribution in [2.75, 3.05) is 5.43 Å². The Morgan fingerprint density at radius 2 is 2.05 bits per heavy atom. The highest BCUT2D eigenvalue weighted by atomic mass is 32.1. The fourth-order valence-electron chi connectivity index (χ4n) is 3.02. The van der Waals surface area contributed by atoms with Gasteiger partial charge in [0.25, 0.3) is 0 Å². The summed E-state index contributed by atoms with van der Waals surface area (Å²) < 4.78 is 0. The molecule has 0 saturated carbocycles. The number of hydrogen-bond donors (Lipinski definition) is 2. The molecule has 4 rings (SSSR count). The van der Waals surface area contributed by atoms with Crippen molar-refractivity contribution in [3.8, 4) is 0 Å². The van der Waals surface area contributed by atoms with Gasteiger partial charge in [0.2, 0.25) is 0 Å². The van der Waals surface area contributed by atoms with E-state index in [0.29, 0.717) is 5.92 Å². The molecule has 1 aliphatic carbocycles. The van der Waals surface area contributed by atoms with Gasteiger partial charge in [-0.1, -0.05) is 24.3 Å². The molecule has 2 aromatic heterocycles. The van der Waals surface area contributed by atoms with Crippen LogP contribution in [0, 0.1) is 13.8 Å². The molecule has 3 N–H and O–H groups in total. The van der Waals surface area contributed by atoms with Crippen LogP contribution >= 0.6 is 11.3 Å². The maximum atomic E-state index is 5.68. The van der Waals surface area contributed by atoms with Gasteiger partial charge in [0.1, 0.15) is 10.7 Å². The van der Waals surface area contributed by atoms with Crippen molar-refractivity contribution < 1.29 is 0 Å². The summed E-state index contributed by atoms with van der Waals surface area (Å²) in [6.45, 7) is 4.21.